The van der Waals surface area contributed by atoms with Crippen LogP contribution < -0.4 is 0 Å². The fourth-order valence-corrected chi connectivity index (χ4v) is 3.04. The molecule has 1 aliphatic heterocycles. The molecule has 0 amide bonds. The fourth-order valence-electron chi connectivity index (χ4n) is 2.78. The average molecular weight is 350 g/mol. The Morgan fingerprint density at radius 2 is 1.76 bits per heavy atom. The summed E-state index contributed by atoms with van der Waals surface area (Å²) in [5, 5.41) is 10.3. The van der Waals surface area contributed by atoms with E-state index in [2.05, 4.69) is 20.8 Å². The number of piperidine rings is 1. The largest absolute Gasteiger partial charge is 0.458 e. The number of furan rings is 1. The van der Waals surface area contributed by atoms with E-state index in [0.29, 0.717) is 12.3 Å². The Kier molecular flexibility index (Phi) is 4.78. The van der Waals surface area contributed by atoms with Crippen molar-refractivity contribution < 1.29 is 9.52 Å². The highest BCUT2D eigenvalue weighted by atomic mass is 79.9. The second-order valence-corrected chi connectivity index (χ2v) is 6.50. The van der Waals surface area contributed by atoms with Gasteiger partial charge in [0.1, 0.15) is 17.6 Å². The van der Waals surface area contributed by atoms with Gasteiger partial charge in [-0.2, -0.15) is 0 Å². The first-order valence-electron chi connectivity index (χ1n) is 7.48. The molecular weight excluding hydrogens is 330 g/mol. The SMILES string of the molecule is OC(CN1CCCCC1)c1ccc(-c2ccc(Br)cc2)o1. The van der Waals surface area contributed by atoms with Crippen molar-refractivity contribution in [2.45, 2.75) is 25.4 Å². The third kappa shape index (κ3) is 3.76. The van der Waals surface area contributed by atoms with Crippen LogP contribution in [0.1, 0.15) is 31.1 Å². The van der Waals surface area contributed by atoms with Gasteiger partial charge in [-0.15, -0.1) is 0 Å². The minimum atomic E-state index is -0.549. The lowest BCUT2D eigenvalue weighted by molar-refractivity contribution is 0.0855. The lowest BCUT2D eigenvalue weighted by Gasteiger charge is -2.27. The maximum absolute atomic E-state index is 10.3. The molecule has 1 unspecified atom stereocenters. The number of benzene rings is 1. The highest BCUT2D eigenvalue weighted by molar-refractivity contribution is 9.10. The minimum absolute atomic E-state index is 0.549. The molecule has 21 heavy (non-hydrogen) atoms. The smallest absolute Gasteiger partial charge is 0.134 e. The summed E-state index contributed by atoms with van der Waals surface area (Å²) < 4.78 is 6.87. The van der Waals surface area contributed by atoms with Gasteiger partial charge in [0, 0.05) is 16.6 Å². The predicted octanol–water partition coefficient (Wildman–Crippen LogP) is 4.23. The summed E-state index contributed by atoms with van der Waals surface area (Å²) in [5.41, 5.74) is 1.02. The number of hydrogen-bond donors (Lipinski definition) is 1. The summed E-state index contributed by atoms with van der Waals surface area (Å²) in [7, 11) is 0. The van der Waals surface area contributed by atoms with Gasteiger partial charge in [-0.3, -0.25) is 0 Å². The van der Waals surface area contributed by atoms with E-state index in [1.165, 1.54) is 19.3 Å². The quantitative estimate of drug-likeness (QED) is 0.897. The molecule has 0 spiro atoms. The van der Waals surface area contributed by atoms with Gasteiger partial charge in [-0.25, -0.2) is 0 Å². The number of rotatable bonds is 4. The van der Waals surface area contributed by atoms with Gasteiger partial charge in [0.2, 0.25) is 0 Å². The van der Waals surface area contributed by atoms with Gasteiger partial charge >= 0.3 is 0 Å². The molecule has 0 saturated carbocycles. The number of hydrogen-bond acceptors (Lipinski definition) is 3. The molecule has 3 rings (SSSR count). The number of likely N-dealkylation sites (tertiary alicyclic amines) is 1. The van der Waals surface area contributed by atoms with Crippen LogP contribution in [0.4, 0.5) is 0 Å². The van der Waals surface area contributed by atoms with E-state index in [-0.39, 0.29) is 0 Å². The van der Waals surface area contributed by atoms with Gasteiger partial charge in [-0.05, 0) is 50.2 Å². The zero-order valence-corrected chi connectivity index (χ0v) is 13.6. The third-order valence-electron chi connectivity index (χ3n) is 3.96. The minimum Gasteiger partial charge on any atom is -0.458 e. The molecule has 1 saturated heterocycles. The third-order valence-corrected chi connectivity index (χ3v) is 4.49. The van der Waals surface area contributed by atoms with Crippen LogP contribution >= 0.6 is 15.9 Å². The van der Waals surface area contributed by atoms with Crippen molar-refractivity contribution >= 4 is 15.9 Å². The van der Waals surface area contributed by atoms with Gasteiger partial charge < -0.3 is 14.4 Å². The summed E-state index contributed by atoms with van der Waals surface area (Å²) in [6.07, 6.45) is 3.22. The van der Waals surface area contributed by atoms with Crippen molar-refractivity contribution in [1.82, 2.24) is 4.90 Å². The molecule has 1 aliphatic rings. The molecule has 4 heteroatoms. The van der Waals surface area contributed by atoms with Gasteiger partial charge in [-0.1, -0.05) is 34.5 Å². The Hall–Kier alpha value is -1.10. The van der Waals surface area contributed by atoms with Crippen LogP contribution in [0, 0.1) is 0 Å². The highest BCUT2D eigenvalue weighted by Gasteiger charge is 2.18. The van der Waals surface area contributed by atoms with E-state index < -0.39 is 6.10 Å². The van der Waals surface area contributed by atoms with Crippen LogP contribution in [0.2, 0.25) is 0 Å². The Balaban J connectivity index is 1.67. The lowest BCUT2D eigenvalue weighted by atomic mass is 10.1. The van der Waals surface area contributed by atoms with Crippen molar-refractivity contribution in [3.63, 3.8) is 0 Å². The zero-order chi connectivity index (χ0) is 14.7. The lowest BCUT2D eigenvalue weighted by Crippen LogP contribution is -2.33. The summed E-state index contributed by atoms with van der Waals surface area (Å²) in [5.74, 6) is 1.45. The van der Waals surface area contributed by atoms with Crippen LogP contribution in [-0.2, 0) is 0 Å². The number of aliphatic hydroxyl groups is 1. The van der Waals surface area contributed by atoms with E-state index in [1.54, 1.807) is 0 Å². The maximum atomic E-state index is 10.3. The molecule has 3 nitrogen and oxygen atoms in total. The first kappa shape index (κ1) is 14.8. The van der Waals surface area contributed by atoms with Gasteiger partial charge in [0.05, 0.1) is 0 Å². The molecule has 1 atom stereocenters. The Morgan fingerprint density at radius 3 is 2.48 bits per heavy atom. The predicted molar refractivity (Wildman–Crippen MR) is 87.1 cm³/mol. The average Bonchev–Trinajstić information content (AvgIpc) is 2.99. The first-order valence-corrected chi connectivity index (χ1v) is 8.28. The Morgan fingerprint density at radius 1 is 1.05 bits per heavy atom. The fraction of sp³-hybridized carbons (Fsp3) is 0.412. The number of halogens is 1. The molecule has 1 aromatic heterocycles. The second kappa shape index (κ2) is 6.77. The summed E-state index contributed by atoms with van der Waals surface area (Å²) in [4.78, 5) is 2.32. The molecular formula is C17H20BrNO2. The monoisotopic (exact) mass is 349 g/mol. The Labute approximate surface area is 133 Å². The maximum Gasteiger partial charge on any atom is 0.134 e. The highest BCUT2D eigenvalue weighted by Crippen LogP contribution is 2.27. The molecule has 1 N–H and O–H groups in total. The van der Waals surface area contributed by atoms with Crippen molar-refractivity contribution in [2.75, 3.05) is 19.6 Å². The first-order chi connectivity index (χ1) is 10.2. The summed E-state index contributed by atoms with van der Waals surface area (Å²) in [6.45, 7) is 2.82. The molecule has 112 valence electrons. The van der Waals surface area contributed by atoms with Gasteiger partial charge in [0.25, 0.3) is 0 Å². The molecule has 2 aromatic rings. The van der Waals surface area contributed by atoms with Crippen LogP contribution in [0.15, 0.2) is 45.3 Å². The summed E-state index contributed by atoms with van der Waals surface area (Å²) in [6, 6.07) is 11.8. The van der Waals surface area contributed by atoms with Crippen molar-refractivity contribution in [1.29, 1.82) is 0 Å². The van der Waals surface area contributed by atoms with Crippen molar-refractivity contribution in [3.05, 3.63) is 46.6 Å². The van der Waals surface area contributed by atoms with Crippen LogP contribution in [0.25, 0.3) is 11.3 Å². The second-order valence-electron chi connectivity index (χ2n) is 5.59. The Bertz CT molecular complexity index is 573. The number of nitrogens with zero attached hydrogens (tertiary/aromatic N) is 1. The van der Waals surface area contributed by atoms with Gasteiger partial charge in [0.15, 0.2) is 0 Å². The zero-order valence-electron chi connectivity index (χ0n) is 12.0. The van der Waals surface area contributed by atoms with E-state index in [0.717, 1.165) is 28.9 Å². The van der Waals surface area contributed by atoms with E-state index in [1.807, 2.05) is 36.4 Å². The van der Waals surface area contributed by atoms with Crippen LogP contribution in [-0.4, -0.2) is 29.6 Å². The molecule has 1 aromatic carbocycles. The molecule has 0 radical (unpaired) electrons. The van der Waals surface area contributed by atoms with E-state index in [9.17, 15) is 5.11 Å². The number of β-amino-alcohol motifs (C(OH)–C–C–N with tert-alkyl or cyclic N) is 1. The normalized spacial score (nSPS) is 17.8. The molecule has 0 aliphatic carbocycles. The standard InChI is InChI=1S/C17H20BrNO2/c18-14-6-4-13(5-7-14)16-8-9-17(21-16)15(20)12-19-10-2-1-3-11-19/h4-9,15,20H,1-3,10-12H2. The topological polar surface area (TPSA) is 36.6 Å². The van der Waals surface area contributed by atoms with Crippen LogP contribution in [0.3, 0.4) is 0 Å². The molecule has 1 fully saturated rings. The van der Waals surface area contributed by atoms with Crippen molar-refractivity contribution in [3.8, 4) is 11.3 Å². The summed E-state index contributed by atoms with van der Waals surface area (Å²) >= 11 is 3.43. The van der Waals surface area contributed by atoms with Crippen molar-refractivity contribution in [2.24, 2.45) is 0 Å². The molecule has 2 heterocycles. The molecule has 0 bridgehead atoms. The van der Waals surface area contributed by atoms with Crippen LogP contribution in [0.5, 0.6) is 0 Å². The van der Waals surface area contributed by atoms with E-state index in [4.69, 9.17) is 4.42 Å². The van der Waals surface area contributed by atoms with E-state index >= 15 is 0 Å². The number of aliphatic hydroxyl groups excluding tert-OH is 1.